The fourth-order valence-corrected chi connectivity index (χ4v) is 3.87. The fourth-order valence-electron chi connectivity index (χ4n) is 2.96. The van der Waals surface area contributed by atoms with Gasteiger partial charge in [-0.1, -0.05) is 30.3 Å². The van der Waals surface area contributed by atoms with Crippen LogP contribution in [0, 0.1) is 0 Å². The average molecular weight is 344 g/mol. The van der Waals surface area contributed by atoms with E-state index in [9.17, 15) is 9.59 Å². The molecule has 1 saturated heterocycles. The summed E-state index contributed by atoms with van der Waals surface area (Å²) in [6.07, 6.45) is 4.84. The summed E-state index contributed by atoms with van der Waals surface area (Å²) in [7, 11) is 1.37. The van der Waals surface area contributed by atoms with E-state index < -0.39 is 6.04 Å². The minimum atomic E-state index is -0.476. The summed E-state index contributed by atoms with van der Waals surface area (Å²) in [5.74, 6) is -0.459. The number of carbonyl (C=O) groups is 2. The Balaban J connectivity index is 1.73. The molecule has 3 rings (SSSR count). The number of piperidine rings is 1. The fraction of sp³-hybridized carbons (Fsp3) is 0.389. The Hall–Kier alpha value is -2.21. The lowest BCUT2D eigenvalue weighted by molar-refractivity contribution is -0.147. The van der Waals surface area contributed by atoms with Crippen molar-refractivity contribution in [3.63, 3.8) is 0 Å². The lowest BCUT2D eigenvalue weighted by Crippen LogP contribution is -2.48. The maximum atomic E-state index is 12.8. The molecule has 0 saturated carbocycles. The minimum absolute atomic E-state index is 0.123. The van der Waals surface area contributed by atoms with Crippen molar-refractivity contribution in [2.45, 2.75) is 31.7 Å². The van der Waals surface area contributed by atoms with Gasteiger partial charge in [0, 0.05) is 13.0 Å². The number of hydrogen-bond acceptors (Lipinski definition) is 5. The number of aromatic nitrogens is 1. The molecule has 1 aliphatic rings. The smallest absolute Gasteiger partial charge is 0.328 e. The van der Waals surface area contributed by atoms with Crippen molar-refractivity contribution >= 4 is 23.2 Å². The molecule has 126 valence electrons. The molecule has 0 aliphatic carbocycles. The van der Waals surface area contributed by atoms with Crippen LogP contribution in [0.1, 0.15) is 39.5 Å². The topological polar surface area (TPSA) is 59.5 Å². The molecule has 1 unspecified atom stereocenters. The number of nitrogens with zero attached hydrogens (tertiary/aromatic N) is 2. The molecule has 1 aromatic carbocycles. The Morgan fingerprint density at radius 2 is 2.08 bits per heavy atom. The molecular weight excluding hydrogens is 324 g/mol. The lowest BCUT2D eigenvalue weighted by atomic mass is 10.0. The second-order valence-electron chi connectivity index (χ2n) is 5.81. The van der Waals surface area contributed by atoms with Gasteiger partial charge in [0.25, 0.3) is 5.91 Å². The van der Waals surface area contributed by atoms with Crippen LogP contribution >= 0.6 is 11.3 Å². The van der Waals surface area contributed by atoms with Crippen LogP contribution in [0.15, 0.2) is 36.5 Å². The Kier molecular flexibility index (Phi) is 5.25. The molecule has 1 aromatic heterocycles. The van der Waals surface area contributed by atoms with Crippen LogP contribution in [0.5, 0.6) is 0 Å². The normalized spacial score (nSPS) is 17.5. The molecule has 5 nitrogen and oxygen atoms in total. The van der Waals surface area contributed by atoms with E-state index in [2.05, 4.69) is 4.98 Å². The molecule has 2 heterocycles. The number of benzene rings is 1. The molecule has 1 fully saturated rings. The number of carbonyl (C=O) groups excluding carboxylic acids is 2. The van der Waals surface area contributed by atoms with Crippen LogP contribution in [-0.2, 0) is 16.0 Å². The molecule has 2 aromatic rings. The van der Waals surface area contributed by atoms with E-state index in [-0.39, 0.29) is 11.9 Å². The predicted octanol–water partition coefficient (Wildman–Crippen LogP) is 2.90. The van der Waals surface area contributed by atoms with E-state index in [1.165, 1.54) is 18.4 Å². The van der Waals surface area contributed by atoms with Gasteiger partial charge in [0.1, 0.15) is 10.9 Å². The molecular formula is C18H20N2O3S. The maximum absolute atomic E-state index is 12.8. The van der Waals surface area contributed by atoms with Gasteiger partial charge in [-0.2, -0.15) is 0 Å². The highest BCUT2D eigenvalue weighted by molar-refractivity contribution is 7.13. The molecule has 24 heavy (non-hydrogen) atoms. The third-order valence-electron chi connectivity index (χ3n) is 4.20. The number of hydrogen-bond donors (Lipinski definition) is 0. The molecule has 0 spiro atoms. The van der Waals surface area contributed by atoms with E-state index in [0.717, 1.165) is 23.4 Å². The number of amides is 1. The first-order valence-electron chi connectivity index (χ1n) is 8.06. The largest absolute Gasteiger partial charge is 0.467 e. The molecule has 1 aliphatic heterocycles. The predicted molar refractivity (Wildman–Crippen MR) is 92.1 cm³/mol. The molecule has 0 radical (unpaired) electrons. The van der Waals surface area contributed by atoms with Crippen LogP contribution in [0.3, 0.4) is 0 Å². The number of esters is 1. The van der Waals surface area contributed by atoms with E-state index in [0.29, 0.717) is 24.3 Å². The van der Waals surface area contributed by atoms with Crippen molar-refractivity contribution in [3.8, 4) is 0 Å². The van der Waals surface area contributed by atoms with Crippen molar-refractivity contribution in [3.05, 3.63) is 52.0 Å². The summed E-state index contributed by atoms with van der Waals surface area (Å²) in [5.41, 5.74) is 1.16. The summed E-state index contributed by atoms with van der Waals surface area (Å²) in [4.78, 5) is 31.3. The first-order chi connectivity index (χ1) is 11.7. The van der Waals surface area contributed by atoms with E-state index >= 15 is 0 Å². The van der Waals surface area contributed by atoms with Crippen LogP contribution in [0.2, 0.25) is 0 Å². The molecule has 6 heteroatoms. The van der Waals surface area contributed by atoms with Crippen molar-refractivity contribution in [1.82, 2.24) is 9.88 Å². The van der Waals surface area contributed by atoms with Gasteiger partial charge in [0.05, 0.1) is 18.3 Å². The zero-order valence-electron chi connectivity index (χ0n) is 13.6. The third-order valence-corrected chi connectivity index (χ3v) is 5.18. The third kappa shape index (κ3) is 3.64. The summed E-state index contributed by atoms with van der Waals surface area (Å²) >= 11 is 1.40. The van der Waals surface area contributed by atoms with Gasteiger partial charge in [-0.15, -0.1) is 11.3 Å². The SMILES string of the molecule is COC(=O)C1CCCCN1C(=O)c1cnc(Cc2ccccc2)s1. The van der Waals surface area contributed by atoms with E-state index in [4.69, 9.17) is 4.74 Å². The number of methoxy groups -OCH3 is 1. The molecule has 0 bridgehead atoms. The van der Waals surface area contributed by atoms with Gasteiger partial charge < -0.3 is 9.64 Å². The van der Waals surface area contributed by atoms with Gasteiger partial charge in [0.2, 0.25) is 0 Å². The van der Waals surface area contributed by atoms with Crippen LogP contribution in [0.25, 0.3) is 0 Å². The van der Waals surface area contributed by atoms with Crippen molar-refractivity contribution < 1.29 is 14.3 Å². The van der Waals surface area contributed by atoms with Crippen LogP contribution < -0.4 is 0 Å². The van der Waals surface area contributed by atoms with Gasteiger partial charge in [-0.25, -0.2) is 9.78 Å². The molecule has 0 N–H and O–H groups in total. The van der Waals surface area contributed by atoms with Crippen molar-refractivity contribution in [2.75, 3.05) is 13.7 Å². The van der Waals surface area contributed by atoms with Crippen molar-refractivity contribution in [2.24, 2.45) is 0 Å². The monoisotopic (exact) mass is 344 g/mol. The second-order valence-corrected chi connectivity index (χ2v) is 6.93. The minimum Gasteiger partial charge on any atom is -0.467 e. The Bertz CT molecular complexity index is 714. The zero-order valence-corrected chi connectivity index (χ0v) is 14.4. The Morgan fingerprint density at radius 3 is 2.83 bits per heavy atom. The van der Waals surface area contributed by atoms with Gasteiger partial charge in [-0.05, 0) is 24.8 Å². The van der Waals surface area contributed by atoms with E-state index in [1.807, 2.05) is 30.3 Å². The summed E-state index contributed by atoms with van der Waals surface area (Å²) < 4.78 is 4.85. The highest BCUT2D eigenvalue weighted by Crippen LogP contribution is 2.24. The molecule has 1 atom stereocenters. The maximum Gasteiger partial charge on any atom is 0.328 e. The average Bonchev–Trinajstić information content (AvgIpc) is 3.09. The molecule has 1 amide bonds. The number of thiazole rings is 1. The highest BCUT2D eigenvalue weighted by Gasteiger charge is 2.34. The van der Waals surface area contributed by atoms with Gasteiger partial charge in [0.15, 0.2) is 0 Å². The highest BCUT2D eigenvalue weighted by atomic mass is 32.1. The Labute approximate surface area is 145 Å². The first kappa shape index (κ1) is 16.6. The Morgan fingerprint density at radius 1 is 1.29 bits per heavy atom. The first-order valence-corrected chi connectivity index (χ1v) is 8.88. The van der Waals surface area contributed by atoms with E-state index in [1.54, 1.807) is 11.1 Å². The zero-order chi connectivity index (χ0) is 16.9. The summed E-state index contributed by atoms with van der Waals surface area (Å²) in [6.45, 7) is 0.588. The van der Waals surface area contributed by atoms with Gasteiger partial charge in [-0.3, -0.25) is 4.79 Å². The quantitative estimate of drug-likeness (QED) is 0.800. The van der Waals surface area contributed by atoms with Gasteiger partial charge >= 0.3 is 5.97 Å². The standard InChI is InChI=1S/C18H20N2O3S/c1-23-18(22)14-9-5-6-10-20(14)17(21)15-12-19-16(24-15)11-13-7-3-2-4-8-13/h2-4,7-8,12,14H,5-6,9-11H2,1H3. The second kappa shape index (κ2) is 7.57. The number of rotatable bonds is 4. The van der Waals surface area contributed by atoms with Crippen LogP contribution in [0.4, 0.5) is 0 Å². The van der Waals surface area contributed by atoms with Crippen molar-refractivity contribution in [1.29, 1.82) is 0 Å². The number of ether oxygens (including phenoxy) is 1. The summed E-state index contributed by atoms with van der Waals surface area (Å²) in [5, 5.41) is 0.899. The lowest BCUT2D eigenvalue weighted by Gasteiger charge is -2.33. The van der Waals surface area contributed by atoms with Crippen LogP contribution in [-0.4, -0.2) is 41.5 Å². The number of likely N-dealkylation sites (tertiary alicyclic amines) is 1. The summed E-state index contributed by atoms with van der Waals surface area (Å²) in [6, 6.07) is 9.56.